The largest absolute Gasteiger partial charge is 0.362 e. The van der Waals surface area contributed by atoms with Crippen molar-refractivity contribution in [3.05, 3.63) is 89.7 Å². The van der Waals surface area contributed by atoms with Crippen molar-refractivity contribution in [3.8, 4) is 11.1 Å². The van der Waals surface area contributed by atoms with Gasteiger partial charge in [-0.1, -0.05) is 60.2 Å². The normalized spacial score (nSPS) is 19.2. The molecular formula is C26H29N3O2. The molecule has 1 saturated heterocycles. The second kappa shape index (κ2) is 9.41. The summed E-state index contributed by atoms with van der Waals surface area (Å²) in [6.07, 6.45) is 4.14. The van der Waals surface area contributed by atoms with Crippen LogP contribution in [0.5, 0.6) is 0 Å². The maximum atomic E-state index is 13.0. The van der Waals surface area contributed by atoms with Gasteiger partial charge in [0, 0.05) is 45.5 Å². The summed E-state index contributed by atoms with van der Waals surface area (Å²) < 4.78 is 6.19. The zero-order valence-electron chi connectivity index (χ0n) is 18.2. The van der Waals surface area contributed by atoms with E-state index in [1.54, 1.807) is 13.2 Å². The summed E-state index contributed by atoms with van der Waals surface area (Å²) in [4.78, 5) is 19.6. The van der Waals surface area contributed by atoms with Gasteiger partial charge in [0.2, 0.25) is 0 Å². The predicted octanol–water partition coefficient (Wildman–Crippen LogP) is 3.62. The van der Waals surface area contributed by atoms with Gasteiger partial charge < -0.3 is 10.1 Å². The van der Waals surface area contributed by atoms with Gasteiger partial charge >= 0.3 is 0 Å². The predicted molar refractivity (Wildman–Crippen MR) is 123 cm³/mol. The van der Waals surface area contributed by atoms with Gasteiger partial charge in [0.1, 0.15) is 0 Å². The molecule has 1 aromatic heterocycles. The van der Waals surface area contributed by atoms with Gasteiger partial charge in [-0.3, -0.25) is 14.7 Å². The Balaban J connectivity index is 1.57. The molecule has 3 aromatic rings. The maximum absolute atomic E-state index is 13.0. The molecule has 2 heterocycles. The average molecular weight is 416 g/mol. The van der Waals surface area contributed by atoms with Crippen molar-refractivity contribution >= 4 is 5.91 Å². The monoisotopic (exact) mass is 415 g/mol. The number of nitrogens with one attached hydrogen (secondary N) is 1. The number of ether oxygens (including phenoxy) is 1. The second-order valence-electron chi connectivity index (χ2n) is 8.24. The number of pyridine rings is 1. The highest BCUT2D eigenvalue weighted by atomic mass is 16.5. The molecule has 0 unspecified atom stereocenters. The van der Waals surface area contributed by atoms with E-state index in [0.29, 0.717) is 19.6 Å². The molecule has 2 aromatic carbocycles. The number of hydrogen-bond donors (Lipinski definition) is 1. The minimum absolute atomic E-state index is 0.0757. The van der Waals surface area contributed by atoms with Gasteiger partial charge in [-0.2, -0.15) is 0 Å². The van der Waals surface area contributed by atoms with E-state index in [9.17, 15) is 4.79 Å². The van der Waals surface area contributed by atoms with Crippen molar-refractivity contribution in [1.82, 2.24) is 15.2 Å². The summed E-state index contributed by atoms with van der Waals surface area (Å²) in [6.45, 7) is 4.80. The van der Waals surface area contributed by atoms with Crippen LogP contribution in [0.4, 0.5) is 0 Å². The van der Waals surface area contributed by atoms with Crippen LogP contribution in [0.2, 0.25) is 0 Å². The zero-order valence-corrected chi connectivity index (χ0v) is 18.2. The van der Waals surface area contributed by atoms with Crippen LogP contribution in [0, 0.1) is 6.92 Å². The lowest BCUT2D eigenvalue weighted by Crippen LogP contribution is -2.60. The molecule has 1 aliphatic heterocycles. The fourth-order valence-corrected chi connectivity index (χ4v) is 4.34. The lowest BCUT2D eigenvalue weighted by molar-refractivity contribution is -0.160. The van der Waals surface area contributed by atoms with Crippen LogP contribution < -0.4 is 5.32 Å². The van der Waals surface area contributed by atoms with Crippen LogP contribution >= 0.6 is 0 Å². The van der Waals surface area contributed by atoms with Crippen molar-refractivity contribution in [2.75, 3.05) is 26.7 Å². The number of nitrogens with zero attached hydrogens (tertiary/aromatic N) is 2. The number of aromatic nitrogens is 1. The number of morpholine rings is 1. The molecule has 4 rings (SSSR count). The molecule has 0 bridgehead atoms. The highest BCUT2D eigenvalue weighted by molar-refractivity contribution is 5.86. The number of amides is 1. The Morgan fingerprint density at radius 1 is 1.10 bits per heavy atom. The summed E-state index contributed by atoms with van der Waals surface area (Å²) in [5.74, 6) is -0.0757. The quantitative estimate of drug-likeness (QED) is 0.668. The van der Waals surface area contributed by atoms with Crippen molar-refractivity contribution in [3.63, 3.8) is 0 Å². The van der Waals surface area contributed by atoms with Gasteiger partial charge in [-0.15, -0.1) is 0 Å². The first kappa shape index (κ1) is 21.2. The van der Waals surface area contributed by atoms with E-state index in [2.05, 4.69) is 64.6 Å². The van der Waals surface area contributed by atoms with Gasteiger partial charge in [0.15, 0.2) is 5.60 Å². The zero-order chi connectivity index (χ0) is 21.7. The molecule has 5 heteroatoms. The smallest absolute Gasteiger partial charge is 0.253 e. The Morgan fingerprint density at radius 3 is 2.68 bits per heavy atom. The number of carbonyl (C=O) groups excluding carboxylic acids is 1. The first-order valence-electron chi connectivity index (χ1n) is 10.7. The van der Waals surface area contributed by atoms with Crippen molar-refractivity contribution in [2.45, 2.75) is 25.5 Å². The third-order valence-corrected chi connectivity index (χ3v) is 5.81. The van der Waals surface area contributed by atoms with E-state index < -0.39 is 5.60 Å². The summed E-state index contributed by atoms with van der Waals surface area (Å²) in [7, 11) is 1.68. The third kappa shape index (κ3) is 5.01. The lowest BCUT2D eigenvalue weighted by Gasteiger charge is -2.41. The van der Waals surface area contributed by atoms with Gasteiger partial charge in [-0.25, -0.2) is 0 Å². The number of aryl methyl sites for hydroxylation is 1. The Kier molecular flexibility index (Phi) is 6.44. The summed E-state index contributed by atoms with van der Waals surface area (Å²) >= 11 is 0. The fourth-order valence-electron chi connectivity index (χ4n) is 4.34. The number of rotatable bonds is 6. The SMILES string of the molecule is CNC(=O)[C@]1(Cc2cccc(-c3cccnc3)c2)CN(Cc2cccc(C)c2)CCO1. The van der Waals surface area contributed by atoms with Crippen LogP contribution in [0.1, 0.15) is 16.7 Å². The molecule has 0 saturated carbocycles. The second-order valence-corrected chi connectivity index (χ2v) is 8.24. The van der Waals surface area contributed by atoms with Crippen LogP contribution in [-0.4, -0.2) is 48.1 Å². The van der Waals surface area contributed by atoms with Crippen LogP contribution in [0.25, 0.3) is 11.1 Å². The van der Waals surface area contributed by atoms with E-state index in [4.69, 9.17) is 4.74 Å². The minimum Gasteiger partial charge on any atom is -0.362 e. The Hall–Kier alpha value is -3.02. The molecule has 1 N–H and O–H groups in total. The summed E-state index contributed by atoms with van der Waals surface area (Å²) in [5.41, 5.74) is 4.81. The summed E-state index contributed by atoms with van der Waals surface area (Å²) in [5, 5.41) is 2.84. The van der Waals surface area contributed by atoms with Crippen molar-refractivity contribution in [2.24, 2.45) is 0 Å². The first-order chi connectivity index (χ1) is 15.1. The lowest BCUT2D eigenvalue weighted by atomic mass is 9.90. The molecular weight excluding hydrogens is 386 g/mol. The third-order valence-electron chi connectivity index (χ3n) is 5.81. The maximum Gasteiger partial charge on any atom is 0.253 e. The number of likely N-dealkylation sites (N-methyl/N-ethyl adjacent to an activating group) is 1. The molecule has 0 spiro atoms. The van der Waals surface area contributed by atoms with Crippen molar-refractivity contribution in [1.29, 1.82) is 0 Å². The molecule has 1 fully saturated rings. The van der Waals surface area contributed by atoms with Crippen LogP contribution in [0.3, 0.4) is 0 Å². The van der Waals surface area contributed by atoms with E-state index >= 15 is 0 Å². The first-order valence-corrected chi connectivity index (χ1v) is 10.7. The van der Waals surface area contributed by atoms with Crippen LogP contribution in [-0.2, 0) is 22.5 Å². The average Bonchev–Trinajstić information content (AvgIpc) is 2.79. The molecule has 1 aliphatic rings. The van der Waals surface area contributed by atoms with Crippen molar-refractivity contribution < 1.29 is 9.53 Å². The Morgan fingerprint density at radius 2 is 1.90 bits per heavy atom. The standard InChI is InChI=1S/C26H29N3O2/c1-20-6-3-8-22(14-20)18-29-12-13-31-26(19-29,25(30)27-2)16-21-7-4-9-23(15-21)24-10-5-11-28-17-24/h3-11,14-15,17H,12-13,16,18-19H2,1-2H3,(H,27,30)/t26-/m0/s1. The topological polar surface area (TPSA) is 54.5 Å². The van der Waals surface area contributed by atoms with E-state index in [1.165, 1.54) is 11.1 Å². The van der Waals surface area contributed by atoms with Gasteiger partial charge in [-0.05, 0) is 35.2 Å². The van der Waals surface area contributed by atoms with E-state index in [0.717, 1.165) is 29.8 Å². The molecule has 0 aliphatic carbocycles. The number of carbonyl (C=O) groups is 1. The molecule has 31 heavy (non-hydrogen) atoms. The highest BCUT2D eigenvalue weighted by Gasteiger charge is 2.43. The Labute approximate surface area is 184 Å². The van der Waals surface area contributed by atoms with Crippen LogP contribution in [0.15, 0.2) is 73.1 Å². The Bertz CT molecular complexity index is 1040. The molecule has 160 valence electrons. The fraction of sp³-hybridized carbons (Fsp3) is 0.308. The molecule has 1 amide bonds. The van der Waals surface area contributed by atoms with E-state index in [-0.39, 0.29) is 5.91 Å². The summed E-state index contributed by atoms with van der Waals surface area (Å²) in [6, 6.07) is 20.8. The number of hydrogen-bond acceptors (Lipinski definition) is 4. The highest BCUT2D eigenvalue weighted by Crippen LogP contribution is 2.27. The van der Waals surface area contributed by atoms with Gasteiger partial charge in [0.25, 0.3) is 5.91 Å². The number of benzene rings is 2. The molecule has 1 atom stereocenters. The van der Waals surface area contributed by atoms with E-state index in [1.807, 2.05) is 24.4 Å². The molecule has 5 nitrogen and oxygen atoms in total. The molecule has 0 radical (unpaired) electrons. The van der Waals surface area contributed by atoms with Gasteiger partial charge in [0.05, 0.1) is 6.61 Å². The minimum atomic E-state index is -0.912.